The Hall–Kier alpha value is -1.62. The molecule has 23 heavy (non-hydrogen) atoms. The lowest BCUT2D eigenvalue weighted by molar-refractivity contribution is 0.0485. The van der Waals surface area contributed by atoms with Gasteiger partial charge in [-0.15, -0.1) is 0 Å². The zero-order valence-electron chi connectivity index (χ0n) is 14.3. The Morgan fingerprint density at radius 1 is 1.17 bits per heavy atom. The van der Waals surface area contributed by atoms with E-state index in [1.54, 1.807) is 12.1 Å². The van der Waals surface area contributed by atoms with Gasteiger partial charge in [-0.25, -0.2) is 0 Å². The fraction of sp³-hybridized carbons (Fsp3) is 0.667. The van der Waals surface area contributed by atoms with Crippen LogP contribution >= 0.6 is 0 Å². The number of aromatic nitrogens is 1. The molecule has 0 aromatic carbocycles. The van der Waals surface area contributed by atoms with E-state index in [4.69, 9.17) is 0 Å². The molecule has 2 saturated heterocycles. The highest BCUT2D eigenvalue weighted by atomic mass is 16.2. The predicted molar refractivity (Wildman–Crippen MR) is 90.7 cm³/mol. The van der Waals surface area contributed by atoms with Crippen molar-refractivity contribution >= 4 is 5.91 Å². The number of carbonyl (C=O) groups excluding carboxylic acids is 1. The van der Waals surface area contributed by atoms with Crippen molar-refractivity contribution in [3.63, 3.8) is 0 Å². The molecule has 0 aliphatic carbocycles. The number of nitrogens with one attached hydrogen (secondary N) is 1. The van der Waals surface area contributed by atoms with Crippen molar-refractivity contribution in [2.75, 3.05) is 13.1 Å². The van der Waals surface area contributed by atoms with E-state index in [2.05, 4.69) is 23.7 Å². The van der Waals surface area contributed by atoms with Gasteiger partial charge in [0, 0.05) is 36.9 Å². The van der Waals surface area contributed by atoms with Crippen LogP contribution in [0.3, 0.4) is 0 Å². The van der Waals surface area contributed by atoms with Gasteiger partial charge in [-0.05, 0) is 58.6 Å². The Balaban J connectivity index is 1.75. The maximum atomic E-state index is 12.7. The van der Waals surface area contributed by atoms with Crippen molar-refractivity contribution in [1.29, 1.82) is 0 Å². The van der Waals surface area contributed by atoms with Crippen molar-refractivity contribution in [3.05, 3.63) is 33.7 Å². The van der Waals surface area contributed by atoms with Gasteiger partial charge in [0.05, 0.1) is 0 Å². The monoisotopic (exact) mass is 317 g/mol. The van der Waals surface area contributed by atoms with Crippen molar-refractivity contribution in [2.24, 2.45) is 0 Å². The number of piperidine rings is 1. The van der Waals surface area contributed by atoms with Gasteiger partial charge in [0.2, 0.25) is 0 Å². The molecule has 2 aliphatic heterocycles. The number of likely N-dealkylation sites (tertiary alicyclic amines) is 2. The third kappa shape index (κ3) is 3.20. The molecule has 0 saturated carbocycles. The summed E-state index contributed by atoms with van der Waals surface area (Å²) in [6.45, 7) is 7.88. The lowest BCUT2D eigenvalue weighted by atomic mass is 10.0. The van der Waals surface area contributed by atoms with Crippen LogP contribution in [-0.4, -0.2) is 51.9 Å². The summed E-state index contributed by atoms with van der Waals surface area (Å²) in [4.78, 5) is 32.0. The van der Waals surface area contributed by atoms with E-state index in [-0.39, 0.29) is 17.0 Å². The first-order chi connectivity index (χ1) is 11.0. The van der Waals surface area contributed by atoms with Gasteiger partial charge in [-0.1, -0.05) is 0 Å². The minimum absolute atomic E-state index is 0.129. The second-order valence-electron chi connectivity index (χ2n) is 7.15. The number of aryl methyl sites for hydroxylation is 1. The normalized spacial score (nSPS) is 29.0. The first-order valence-corrected chi connectivity index (χ1v) is 8.74. The van der Waals surface area contributed by atoms with Crippen LogP contribution in [0.15, 0.2) is 16.9 Å². The zero-order chi connectivity index (χ0) is 16.6. The van der Waals surface area contributed by atoms with Gasteiger partial charge >= 0.3 is 0 Å². The number of aromatic amines is 1. The van der Waals surface area contributed by atoms with E-state index >= 15 is 0 Å². The minimum atomic E-state index is -0.278. The molecule has 0 radical (unpaired) electrons. The minimum Gasteiger partial charge on any atom is -0.337 e. The second-order valence-corrected chi connectivity index (χ2v) is 7.15. The highest BCUT2D eigenvalue weighted by molar-refractivity contribution is 5.93. The van der Waals surface area contributed by atoms with E-state index in [0.29, 0.717) is 18.1 Å². The number of rotatable bonds is 2. The SMILES string of the molecule is Cc1ccc(C(=O)N2CCC[C@H](N3[C@H](C)CC[C@@H]3C)C2)c(=O)[nH]1. The zero-order valence-corrected chi connectivity index (χ0v) is 14.3. The summed E-state index contributed by atoms with van der Waals surface area (Å²) < 4.78 is 0. The third-order valence-corrected chi connectivity index (χ3v) is 5.41. The number of carbonyl (C=O) groups is 1. The van der Waals surface area contributed by atoms with E-state index in [1.807, 2.05) is 11.8 Å². The number of amides is 1. The van der Waals surface area contributed by atoms with Crippen LogP contribution in [0.25, 0.3) is 0 Å². The van der Waals surface area contributed by atoms with Crippen molar-refractivity contribution in [3.8, 4) is 0 Å². The Morgan fingerprint density at radius 2 is 1.87 bits per heavy atom. The third-order valence-electron chi connectivity index (χ3n) is 5.41. The molecule has 5 nitrogen and oxygen atoms in total. The molecule has 1 N–H and O–H groups in total. The van der Waals surface area contributed by atoms with Crippen molar-refractivity contribution in [2.45, 2.75) is 64.6 Å². The molecule has 5 heteroatoms. The maximum Gasteiger partial charge on any atom is 0.260 e. The molecule has 3 atom stereocenters. The lowest BCUT2D eigenvalue weighted by Gasteiger charge is -2.41. The summed E-state index contributed by atoms with van der Waals surface area (Å²) in [5, 5.41) is 0. The Morgan fingerprint density at radius 3 is 2.52 bits per heavy atom. The molecule has 0 bridgehead atoms. The topological polar surface area (TPSA) is 56.4 Å². The summed E-state index contributed by atoms with van der Waals surface area (Å²) in [6, 6.07) is 5.05. The molecule has 1 amide bonds. The molecule has 3 heterocycles. The van der Waals surface area contributed by atoms with Gasteiger partial charge in [-0.2, -0.15) is 0 Å². The Kier molecular flexibility index (Phi) is 4.57. The fourth-order valence-corrected chi connectivity index (χ4v) is 4.23. The second kappa shape index (κ2) is 6.48. The van der Waals surface area contributed by atoms with E-state index in [0.717, 1.165) is 31.6 Å². The van der Waals surface area contributed by atoms with Crippen LogP contribution in [0.5, 0.6) is 0 Å². The molecule has 3 rings (SSSR count). The number of hydrogen-bond acceptors (Lipinski definition) is 3. The quantitative estimate of drug-likeness (QED) is 0.909. The largest absolute Gasteiger partial charge is 0.337 e. The van der Waals surface area contributed by atoms with E-state index < -0.39 is 0 Å². The summed E-state index contributed by atoms with van der Waals surface area (Å²) in [6.07, 6.45) is 4.63. The first kappa shape index (κ1) is 16.2. The highest BCUT2D eigenvalue weighted by Crippen LogP contribution is 2.30. The Labute approximate surface area is 137 Å². The first-order valence-electron chi connectivity index (χ1n) is 8.74. The number of hydrogen-bond donors (Lipinski definition) is 1. The lowest BCUT2D eigenvalue weighted by Crippen LogP contribution is -2.53. The average molecular weight is 317 g/mol. The van der Waals surface area contributed by atoms with Crippen LogP contribution in [-0.2, 0) is 0 Å². The number of nitrogens with zero attached hydrogens (tertiary/aromatic N) is 2. The molecular weight excluding hydrogens is 290 g/mol. The molecule has 0 unspecified atom stereocenters. The summed E-state index contributed by atoms with van der Waals surface area (Å²) >= 11 is 0. The molecule has 2 fully saturated rings. The van der Waals surface area contributed by atoms with Crippen LogP contribution in [0.4, 0.5) is 0 Å². The van der Waals surface area contributed by atoms with Gasteiger partial charge in [0.15, 0.2) is 0 Å². The maximum absolute atomic E-state index is 12.7. The number of pyridine rings is 1. The van der Waals surface area contributed by atoms with Gasteiger partial charge < -0.3 is 9.88 Å². The van der Waals surface area contributed by atoms with Crippen molar-refractivity contribution in [1.82, 2.24) is 14.8 Å². The van der Waals surface area contributed by atoms with Crippen LogP contribution in [0, 0.1) is 6.92 Å². The van der Waals surface area contributed by atoms with E-state index in [1.165, 1.54) is 12.8 Å². The predicted octanol–water partition coefficient (Wildman–Crippen LogP) is 2.16. The van der Waals surface area contributed by atoms with Crippen LogP contribution < -0.4 is 5.56 Å². The molecule has 126 valence electrons. The summed E-state index contributed by atoms with van der Waals surface area (Å²) in [5.74, 6) is -0.129. The summed E-state index contributed by atoms with van der Waals surface area (Å²) in [5.41, 5.74) is 0.765. The number of H-pyrrole nitrogens is 1. The fourth-order valence-electron chi connectivity index (χ4n) is 4.23. The molecule has 1 aromatic rings. The van der Waals surface area contributed by atoms with Gasteiger partial charge in [0.1, 0.15) is 5.56 Å². The molecule has 0 spiro atoms. The van der Waals surface area contributed by atoms with E-state index in [9.17, 15) is 9.59 Å². The summed E-state index contributed by atoms with van der Waals surface area (Å²) in [7, 11) is 0. The highest BCUT2D eigenvalue weighted by Gasteiger charge is 2.36. The van der Waals surface area contributed by atoms with Crippen molar-refractivity contribution < 1.29 is 4.79 Å². The molecule has 1 aromatic heterocycles. The molecular formula is C18H27N3O2. The average Bonchev–Trinajstić information content (AvgIpc) is 2.86. The van der Waals surface area contributed by atoms with Crippen LogP contribution in [0.1, 0.15) is 55.6 Å². The standard InChI is InChI=1S/C18H27N3O2/c1-12-6-9-16(17(22)19-12)18(23)20-10-4-5-15(11-20)21-13(2)7-8-14(21)3/h6,9,13-15H,4-5,7-8,10-11H2,1-3H3,(H,19,22)/t13-,14+,15-/m0/s1. The molecule has 2 aliphatic rings. The van der Waals surface area contributed by atoms with Gasteiger partial charge in [0.25, 0.3) is 11.5 Å². The van der Waals surface area contributed by atoms with Gasteiger partial charge in [-0.3, -0.25) is 14.5 Å². The Bertz CT molecular complexity index is 629. The smallest absolute Gasteiger partial charge is 0.260 e. The van der Waals surface area contributed by atoms with Crippen LogP contribution in [0.2, 0.25) is 0 Å².